The van der Waals surface area contributed by atoms with Crippen LogP contribution in [-0.4, -0.2) is 44.4 Å². The van der Waals surface area contributed by atoms with Crippen LogP contribution < -0.4 is 20.2 Å². The van der Waals surface area contributed by atoms with Gasteiger partial charge in [-0.25, -0.2) is 5.01 Å². The summed E-state index contributed by atoms with van der Waals surface area (Å²) < 4.78 is 11.3. The molecule has 0 saturated carbocycles. The minimum Gasteiger partial charge on any atom is -0.486 e. The topological polar surface area (TPSA) is 51.0 Å². The van der Waals surface area contributed by atoms with E-state index in [9.17, 15) is 0 Å². The molecule has 1 fully saturated rings. The lowest BCUT2D eigenvalue weighted by Gasteiger charge is -2.35. The van der Waals surface area contributed by atoms with Crippen LogP contribution in [0.2, 0.25) is 0 Å². The lowest BCUT2D eigenvalue weighted by molar-refractivity contribution is 0.171. The molecule has 0 aliphatic carbocycles. The molecule has 5 heteroatoms. The van der Waals surface area contributed by atoms with E-state index in [0.717, 1.165) is 43.4 Å². The first-order chi connectivity index (χ1) is 8.34. The molecule has 0 unspecified atom stereocenters. The van der Waals surface area contributed by atoms with Gasteiger partial charge in [-0.3, -0.25) is 5.84 Å². The largest absolute Gasteiger partial charge is 0.486 e. The number of anilines is 1. The summed E-state index contributed by atoms with van der Waals surface area (Å²) in [5.41, 5.74) is 1.12. The van der Waals surface area contributed by atoms with Gasteiger partial charge in [0.15, 0.2) is 11.5 Å². The Labute approximate surface area is 101 Å². The van der Waals surface area contributed by atoms with Crippen molar-refractivity contribution in [3.63, 3.8) is 0 Å². The summed E-state index contributed by atoms with van der Waals surface area (Å²) in [5, 5.41) is 1.85. The van der Waals surface area contributed by atoms with Crippen LogP contribution in [0, 0.1) is 0 Å². The summed E-state index contributed by atoms with van der Waals surface area (Å²) in [5.74, 6) is 7.49. The van der Waals surface area contributed by atoms with E-state index in [1.807, 2.05) is 17.1 Å². The maximum atomic E-state index is 5.76. The molecule has 1 saturated heterocycles. The van der Waals surface area contributed by atoms with Crippen molar-refractivity contribution in [2.75, 3.05) is 44.3 Å². The van der Waals surface area contributed by atoms with Gasteiger partial charge in [0.2, 0.25) is 0 Å². The Morgan fingerprint density at radius 2 is 1.76 bits per heavy atom. The molecular weight excluding hydrogens is 218 g/mol. The average Bonchev–Trinajstić information content (AvgIpc) is 2.39. The van der Waals surface area contributed by atoms with E-state index < -0.39 is 0 Å². The molecule has 2 aliphatic rings. The number of nitrogens with zero attached hydrogens (tertiary/aromatic N) is 2. The molecule has 0 bridgehead atoms. The Balaban J connectivity index is 1.87. The van der Waals surface area contributed by atoms with E-state index >= 15 is 0 Å². The summed E-state index contributed by atoms with van der Waals surface area (Å²) in [6.07, 6.45) is 0. The fourth-order valence-electron chi connectivity index (χ4n) is 2.27. The van der Waals surface area contributed by atoms with Crippen LogP contribution in [-0.2, 0) is 0 Å². The van der Waals surface area contributed by atoms with Crippen molar-refractivity contribution >= 4 is 5.69 Å². The van der Waals surface area contributed by atoms with E-state index in [2.05, 4.69) is 11.0 Å². The number of benzene rings is 1. The zero-order valence-corrected chi connectivity index (χ0v) is 9.76. The van der Waals surface area contributed by atoms with E-state index in [4.69, 9.17) is 15.3 Å². The summed E-state index contributed by atoms with van der Waals surface area (Å²) in [6.45, 7) is 4.87. The van der Waals surface area contributed by atoms with E-state index in [1.54, 1.807) is 0 Å². The van der Waals surface area contributed by atoms with Gasteiger partial charge >= 0.3 is 0 Å². The van der Waals surface area contributed by atoms with Crippen LogP contribution >= 0.6 is 0 Å². The molecule has 92 valence electrons. The number of ether oxygens (including phenoxy) is 2. The first kappa shape index (κ1) is 10.7. The number of piperazine rings is 1. The molecule has 2 heterocycles. The quantitative estimate of drug-likeness (QED) is 0.716. The van der Waals surface area contributed by atoms with Crippen molar-refractivity contribution in [1.82, 2.24) is 5.01 Å². The number of hydrazine groups is 1. The standard InChI is InChI=1S/C12H17N3O2/c13-15-6-4-14(5-7-15)10-2-1-3-11-12(10)17-9-8-16-11/h1-3H,4-9,13H2. The molecule has 5 nitrogen and oxygen atoms in total. The zero-order valence-electron chi connectivity index (χ0n) is 9.76. The highest BCUT2D eigenvalue weighted by Crippen LogP contribution is 2.39. The van der Waals surface area contributed by atoms with E-state index in [0.29, 0.717) is 13.2 Å². The van der Waals surface area contributed by atoms with Gasteiger partial charge in [0.05, 0.1) is 5.69 Å². The van der Waals surface area contributed by atoms with Crippen LogP contribution in [0.1, 0.15) is 0 Å². The van der Waals surface area contributed by atoms with Crippen molar-refractivity contribution in [3.05, 3.63) is 18.2 Å². The molecule has 1 aromatic carbocycles. The minimum atomic E-state index is 0.626. The number of hydrogen-bond donors (Lipinski definition) is 1. The third-order valence-corrected chi connectivity index (χ3v) is 3.20. The number of rotatable bonds is 1. The molecular formula is C12H17N3O2. The van der Waals surface area contributed by atoms with Crippen molar-refractivity contribution < 1.29 is 9.47 Å². The van der Waals surface area contributed by atoms with Gasteiger partial charge in [-0.2, -0.15) is 0 Å². The Bertz CT molecular complexity index is 403. The van der Waals surface area contributed by atoms with Crippen LogP contribution in [0.3, 0.4) is 0 Å². The molecule has 0 amide bonds. The monoisotopic (exact) mass is 235 g/mol. The Hall–Kier alpha value is -1.46. The van der Waals surface area contributed by atoms with Crippen LogP contribution in [0.25, 0.3) is 0 Å². The van der Waals surface area contributed by atoms with Crippen molar-refractivity contribution in [3.8, 4) is 11.5 Å². The van der Waals surface area contributed by atoms with Crippen molar-refractivity contribution in [2.24, 2.45) is 5.84 Å². The predicted molar refractivity (Wildman–Crippen MR) is 65.4 cm³/mol. The first-order valence-corrected chi connectivity index (χ1v) is 5.98. The number of para-hydroxylation sites is 1. The summed E-state index contributed by atoms with van der Waals surface area (Å²) >= 11 is 0. The van der Waals surface area contributed by atoms with Gasteiger partial charge in [-0.05, 0) is 12.1 Å². The summed E-state index contributed by atoms with van der Waals surface area (Å²) in [4.78, 5) is 2.30. The fourth-order valence-corrected chi connectivity index (χ4v) is 2.27. The second-order valence-corrected chi connectivity index (χ2v) is 4.32. The molecule has 17 heavy (non-hydrogen) atoms. The third kappa shape index (κ3) is 2.03. The Morgan fingerprint density at radius 1 is 1.00 bits per heavy atom. The molecule has 1 aromatic rings. The highest BCUT2D eigenvalue weighted by atomic mass is 16.6. The zero-order chi connectivity index (χ0) is 11.7. The summed E-state index contributed by atoms with van der Waals surface area (Å²) in [6, 6.07) is 6.05. The molecule has 0 aromatic heterocycles. The minimum absolute atomic E-state index is 0.626. The first-order valence-electron chi connectivity index (χ1n) is 5.98. The SMILES string of the molecule is NN1CCN(c2cccc3c2OCCO3)CC1. The molecule has 2 N–H and O–H groups in total. The molecule has 0 radical (unpaired) electrons. The molecule has 2 aliphatic heterocycles. The average molecular weight is 235 g/mol. The molecule has 3 rings (SSSR count). The van der Waals surface area contributed by atoms with E-state index in [-0.39, 0.29) is 0 Å². The van der Waals surface area contributed by atoms with Gasteiger partial charge in [0, 0.05) is 26.2 Å². The fraction of sp³-hybridized carbons (Fsp3) is 0.500. The Morgan fingerprint density at radius 3 is 2.59 bits per heavy atom. The van der Waals surface area contributed by atoms with Crippen LogP contribution in [0.4, 0.5) is 5.69 Å². The maximum Gasteiger partial charge on any atom is 0.184 e. The third-order valence-electron chi connectivity index (χ3n) is 3.20. The normalized spacial score (nSPS) is 20.4. The highest BCUT2D eigenvalue weighted by Gasteiger charge is 2.22. The van der Waals surface area contributed by atoms with Gasteiger partial charge < -0.3 is 14.4 Å². The smallest absolute Gasteiger partial charge is 0.184 e. The van der Waals surface area contributed by atoms with Gasteiger partial charge in [-0.15, -0.1) is 0 Å². The second kappa shape index (κ2) is 4.43. The number of fused-ring (bicyclic) bond motifs is 1. The second-order valence-electron chi connectivity index (χ2n) is 4.32. The predicted octanol–water partition coefficient (Wildman–Crippen LogP) is 0.453. The van der Waals surface area contributed by atoms with Crippen LogP contribution in [0.15, 0.2) is 18.2 Å². The Kier molecular flexibility index (Phi) is 2.78. The lowest BCUT2D eigenvalue weighted by Crippen LogP contribution is -2.49. The van der Waals surface area contributed by atoms with Gasteiger partial charge in [0.25, 0.3) is 0 Å². The number of nitrogens with two attached hydrogens (primary N) is 1. The van der Waals surface area contributed by atoms with Gasteiger partial charge in [0.1, 0.15) is 13.2 Å². The van der Waals surface area contributed by atoms with Crippen LogP contribution in [0.5, 0.6) is 11.5 Å². The van der Waals surface area contributed by atoms with Crippen molar-refractivity contribution in [2.45, 2.75) is 0 Å². The maximum absolute atomic E-state index is 5.76. The number of hydrogen-bond acceptors (Lipinski definition) is 5. The lowest BCUT2D eigenvalue weighted by atomic mass is 10.2. The molecule has 0 atom stereocenters. The van der Waals surface area contributed by atoms with E-state index in [1.165, 1.54) is 0 Å². The van der Waals surface area contributed by atoms with Crippen molar-refractivity contribution in [1.29, 1.82) is 0 Å². The summed E-state index contributed by atoms with van der Waals surface area (Å²) in [7, 11) is 0. The molecule has 0 spiro atoms. The van der Waals surface area contributed by atoms with Gasteiger partial charge in [-0.1, -0.05) is 6.07 Å². The highest BCUT2D eigenvalue weighted by molar-refractivity contribution is 5.65.